The second-order valence-electron chi connectivity index (χ2n) is 4.09. The van der Waals surface area contributed by atoms with Gasteiger partial charge in [0.2, 0.25) is 0 Å². The summed E-state index contributed by atoms with van der Waals surface area (Å²) in [6.45, 7) is 3.50. The fourth-order valence-electron chi connectivity index (χ4n) is 1.72. The zero-order valence-corrected chi connectivity index (χ0v) is 12.4. The topological polar surface area (TPSA) is 96.4 Å². The maximum atomic E-state index is 12.3. The lowest BCUT2D eigenvalue weighted by molar-refractivity contribution is 0.0697. The molecule has 0 saturated heterocycles. The molecular weight excluding hydrogens is 300 g/mol. The van der Waals surface area contributed by atoms with Crippen LogP contribution in [0.15, 0.2) is 29.3 Å². The predicted octanol–water partition coefficient (Wildman–Crippen LogP) is 2.26. The molecule has 2 heterocycles. The Bertz CT molecular complexity index is 766. The Hall–Kier alpha value is -1.93. The normalized spacial score (nSPS) is 11.3. The first-order valence-corrected chi connectivity index (χ1v) is 7.89. The molecule has 0 aliphatic rings. The third kappa shape index (κ3) is 2.81. The number of pyridine rings is 1. The van der Waals surface area contributed by atoms with Crippen LogP contribution in [0.5, 0.6) is 0 Å². The molecule has 0 atom stereocenters. The lowest BCUT2D eigenvalue weighted by Gasteiger charge is -2.08. The van der Waals surface area contributed by atoms with Gasteiger partial charge in [-0.3, -0.25) is 4.72 Å². The number of nitrogens with one attached hydrogen (secondary N) is 1. The van der Waals surface area contributed by atoms with Crippen molar-refractivity contribution in [2.24, 2.45) is 0 Å². The molecule has 0 saturated carbocycles. The van der Waals surface area contributed by atoms with Crippen LogP contribution in [0.25, 0.3) is 0 Å². The zero-order chi connectivity index (χ0) is 14.9. The van der Waals surface area contributed by atoms with Crippen molar-refractivity contribution in [2.45, 2.75) is 18.7 Å². The van der Waals surface area contributed by atoms with Crippen LogP contribution in [-0.4, -0.2) is 24.5 Å². The van der Waals surface area contributed by atoms with Gasteiger partial charge in [0.1, 0.15) is 10.5 Å². The summed E-state index contributed by atoms with van der Waals surface area (Å²) >= 11 is 1.36. The number of carboxylic acids is 1. The Balaban J connectivity index is 2.44. The molecule has 0 amide bonds. The van der Waals surface area contributed by atoms with Crippen molar-refractivity contribution in [2.75, 3.05) is 4.72 Å². The molecule has 8 heteroatoms. The smallest absolute Gasteiger partial charge is 0.339 e. The number of sulfonamides is 1. The van der Waals surface area contributed by atoms with Gasteiger partial charge in [-0.25, -0.2) is 18.2 Å². The van der Waals surface area contributed by atoms with Crippen LogP contribution in [0.4, 0.5) is 5.82 Å². The number of aromatic nitrogens is 1. The third-order valence-electron chi connectivity index (χ3n) is 2.55. The molecule has 0 aliphatic heterocycles. The number of carbonyl (C=O) groups is 1. The van der Waals surface area contributed by atoms with E-state index in [4.69, 9.17) is 5.11 Å². The molecule has 0 unspecified atom stereocenters. The van der Waals surface area contributed by atoms with Gasteiger partial charge in [0.15, 0.2) is 5.82 Å². The molecule has 2 N–H and O–H groups in total. The van der Waals surface area contributed by atoms with Gasteiger partial charge < -0.3 is 5.11 Å². The molecule has 0 aliphatic carbocycles. The minimum absolute atomic E-state index is 0.141. The second kappa shape index (κ2) is 5.22. The highest BCUT2D eigenvalue weighted by atomic mass is 32.2. The summed E-state index contributed by atoms with van der Waals surface area (Å²) < 4.78 is 26.8. The Kier molecular flexibility index (Phi) is 3.78. The van der Waals surface area contributed by atoms with Crippen molar-refractivity contribution in [1.29, 1.82) is 0 Å². The fourth-order valence-corrected chi connectivity index (χ4v) is 4.30. The Morgan fingerprint density at radius 2 is 2.10 bits per heavy atom. The van der Waals surface area contributed by atoms with Gasteiger partial charge in [0.25, 0.3) is 10.0 Å². The fraction of sp³-hybridized carbons (Fsp3) is 0.167. The third-order valence-corrected chi connectivity index (χ3v) is 5.11. The highest BCUT2D eigenvalue weighted by Gasteiger charge is 2.22. The van der Waals surface area contributed by atoms with E-state index in [1.54, 1.807) is 19.9 Å². The van der Waals surface area contributed by atoms with Crippen molar-refractivity contribution in [3.05, 3.63) is 39.7 Å². The number of carboxylic acid groups (broad SMARTS) is 1. The number of anilines is 1. The van der Waals surface area contributed by atoms with Crippen LogP contribution in [0.3, 0.4) is 0 Å². The molecule has 2 rings (SSSR count). The molecule has 106 valence electrons. The number of hydrogen-bond donors (Lipinski definition) is 2. The minimum atomic E-state index is -3.84. The van der Waals surface area contributed by atoms with Crippen LogP contribution in [0, 0.1) is 13.8 Å². The largest absolute Gasteiger partial charge is 0.478 e. The highest BCUT2D eigenvalue weighted by molar-refractivity contribution is 7.93. The number of aryl methyl sites for hydroxylation is 2. The molecule has 20 heavy (non-hydrogen) atoms. The van der Waals surface area contributed by atoms with Gasteiger partial charge >= 0.3 is 5.97 Å². The summed E-state index contributed by atoms with van der Waals surface area (Å²) in [5, 5.41) is 9.02. The highest BCUT2D eigenvalue weighted by Crippen LogP contribution is 2.27. The summed E-state index contributed by atoms with van der Waals surface area (Å²) in [7, 11) is -3.84. The minimum Gasteiger partial charge on any atom is -0.478 e. The first-order chi connectivity index (χ1) is 9.31. The molecule has 2 aromatic heterocycles. The number of hydrogen-bond acceptors (Lipinski definition) is 5. The van der Waals surface area contributed by atoms with Gasteiger partial charge in [-0.15, -0.1) is 11.3 Å². The Morgan fingerprint density at radius 3 is 2.65 bits per heavy atom. The van der Waals surface area contributed by atoms with Crippen LogP contribution in [0.2, 0.25) is 0 Å². The summed E-state index contributed by atoms with van der Waals surface area (Å²) in [6, 6.07) is 4.27. The van der Waals surface area contributed by atoms with Crippen LogP contribution >= 0.6 is 11.3 Å². The second-order valence-corrected chi connectivity index (χ2v) is 7.20. The number of aromatic carboxylic acids is 1. The SMILES string of the molecule is Cc1cc(S(=O)(=O)Nc2ncccc2C(=O)O)c(C)s1. The van der Waals surface area contributed by atoms with Gasteiger partial charge in [-0.1, -0.05) is 0 Å². The maximum absolute atomic E-state index is 12.3. The van der Waals surface area contributed by atoms with E-state index < -0.39 is 16.0 Å². The molecule has 0 fully saturated rings. The van der Waals surface area contributed by atoms with Gasteiger partial charge in [0, 0.05) is 16.0 Å². The zero-order valence-electron chi connectivity index (χ0n) is 10.7. The number of rotatable bonds is 4. The first kappa shape index (κ1) is 14.5. The average Bonchev–Trinajstić information content (AvgIpc) is 2.69. The molecule has 2 aromatic rings. The first-order valence-electron chi connectivity index (χ1n) is 5.59. The van der Waals surface area contributed by atoms with E-state index in [1.165, 1.54) is 29.7 Å². The monoisotopic (exact) mass is 312 g/mol. The Morgan fingerprint density at radius 1 is 1.40 bits per heavy atom. The van der Waals surface area contributed by atoms with E-state index in [-0.39, 0.29) is 16.3 Å². The standard InChI is InChI=1S/C12H12N2O4S2/c1-7-6-10(8(2)19-7)20(17,18)14-11-9(12(15)16)4-3-5-13-11/h3-6H,1-2H3,(H,13,14)(H,15,16). The molecule has 0 radical (unpaired) electrons. The van der Waals surface area contributed by atoms with E-state index in [9.17, 15) is 13.2 Å². The molecule has 0 bridgehead atoms. The van der Waals surface area contributed by atoms with Crippen molar-refractivity contribution in [1.82, 2.24) is 4.98 Å². The lowest BCUT2D eigenvalue weighted by Crippen LogP contribution is -2.16. The predicted molar refractivity (Wildman–Crippen MR) is 75.8 cm³/mol. The van der Waals surface area contributed by atoms with Crippen molar-refractivity contribution >= 4 is 33.1 Å². The summed E-state index contributed by atoms with van der Waals surface area (Å²) in [5.41, 5.74) is -0.194. The van der Waals surface area contributed by atoms with Crippen LogP contribution in [-0.2, 0) is 10.0 Å². The van der Waals surface area contributed by atoms with Crippen LogP contribution < -0.4 is 4.72 Å². The molecule has 0 aromatic carbocycles. The van der Waals surface area contributed by atoms with Gasteiger partial charge in [-0.05, 0) is 32.0 Å². The van der Waals surface area contributed by atoms with E-state index in [1.807, 2.05) is 0 Å². The van der Waals surface area contributed by atoms with Crippen molar-refractivity contribution in [3.63, 3.8) is 0 Å². The summed E-state index contributed by atoms with van der Waals surface area (Å²) in [6.07, 6.45) is 1.33. The van der Waals surface area contributed by atoms with Crippen molar-refractivity contribution in [3.8, 4) is 0 Å². The van der Waals surface area contributed by atoms with E-state index in [0.717, 1.165) is 4.88 Å². The van der Waals surface area contributed by atoms with E-state index >= 15 is 0 Å². The van der Waals surface area contributed by atoms with E-state index in [2.05, 4.69) is 9.71 Å². The van der Waals surface area contributed by atoms with Gasteiger partial charge in [-0.2, -0.15) is 0 Å². The lowest BCUT2D eigenvalue weighted by atomic mass is 10.3. The Labute approximate surface area is 120 Å². The number of thiophene rings is 1. The summed E-state index contributed by atoms with van der Waals surface area (Å²) in [5.74, 6) is -1.43. The molecule has 0 spiro atoms. The summed E-state index contributed by atoms with van der Waals surface area (Å²) in [4.78, 5) is 16.5. The quantitative estimate of drug-likeness (QED) is 0.902. The molecular formula is C12H12N2O4S2. The molecule has 6 nitrogen and oxygen atoms in total. The van der Waals surface area contributed by atoms with Crippen molar-refractivity contribution < 1.29 is 18.3 Å². The van der Waals surface area contributed by atoms with Gasteiger partial charge in [0.05, 0.1) is 0 Å². The van der Waals surface area contributed by atoms with Crippen LogP contribution in [0.1, 0.15) is 20.1 Å². The maximum Gasteiger partial charge on any atom is 0.339 e. The number of nitrogens with zero attached hydrogens (tertiary/aromatic N) is 1. The average molecular weight is 312 g/mol. The van der Waals surface area contributed by atoms with E-state index in [0.29, 0.717) is 4.88 Å².